The average Bonchev–Trinajstić information content (AvgIpc) is 2.13. The van der Waals surface area contributed by atoms with Crippen LogP contribution in [0.4, 0.5) is 0 Å². The number of rotatable bonds is 6. The Labute approximate surface area is 84.7 Å². The van der Waals surface area contributed by atoms with Gasteiger partial charge >= 0.3 is 5.97 Å². The van der Waals surface area contributed by atoms with E-state index in [1.54, 1.807) is 6.92 Å². The summed E-state index contributed by atoms with van der Waals surface area (Å²) in [6.45, 7) is 5.55. The Balaban J connectivity index is 4.08. The largest absolute Gasteiger partial charge is 0.480 e. The number of carboxylic acids is 1. The third-order valence-corrected chi connectivity index (χ3v) is 2.19. The number of aliphatic carboxylic acids is 1. The fraction of sp³-hybridized carbons (Fsp3) is 0.800. The van der Waals surface area contributed by atoms with E-state index in [1.807, 2.05) is 13.8 Å². The summed E-state index contributed by atoms with van der Waals surface area (Å²) in [7, 11) is 0. The van der Waals surface area contributed by atoms with E-state index in [9.17, 15) is 9.59 Å². The van der Waals surface area contributed by atoms with Crippen LogP contribution in [0.15, 0.2) is 0 Å². The molecule has 0 aromatic rings. The molecule has 0 aromatic heterocycles. The quantitative estimate of drug-likeness (QED) is 0.682. The molecule has 0 saturated heterocycles. The van der Waals surface area contributed by atoms with Crippen molar-refractivity contribution in [1.29, 1.82) is 0 Å². The van der Waals surface area contributed by atoms with Gasteiger partial charge in [-0.3, -0.25) is 4.79 Å². The molecule has 14 heavy (non-hydrogen) atoms. The topological polar surface area (TPSA) is 66.4 Å². The number of hydrogen-bond acceptors (Lipinski definition) is 2. The Morgan fingerprint density at radius 2 is 1.93 bits per heavy atom. The summed E-state index contributed by atoms with van der Waals surface area (Å²) in [4.78, 5) is 22.1. The first-order valence-electron chi connectivity index (χ1n) is 5.06. The van der Waals surface area contributed by atoms with Crippen molar-refractivity contribution in [3.05, 3.63) is 0 Å². The Morgan fingerprint density at radius 1 is 1.36 bits per heavy atom. The van der Waals surface area contributed by atoms with Gasteiger partial charge in [0.15, 0.2) is 0 Å². The zero-order chi connectivity index (χ0) is 11.1. The van der Waals surface area contributed by atoms with Gasteiger partial charge in [0, 0.05) is 5.92 Å². The lowest BCUT2D eigenvalue weighted by atomic mass is 10.0. The molecule has 0 radical (unpaired) electrons. The van der Waals surface area contributed by atoms with Crippen LogP contribution in [0, 0.1) is 5.92 Å². The molecule has 0 spiro atoms. The van der Waals surface area contributed by atoms with Gasteiger partial charge in [0.05, 0.1) is 0 Å². The molecule has 0 saturated carbocycles. The molecule has 4 nitrogen and oxygen atoms in total. The molecule has 0 bridgehead atoms. The smallest absolute Gasteiger partial charge is 0.326 e. The van der Waals surface area contributed by atoms with Gasteiger partial charge in [-0.2, -0.15) is 0 Å². The van der Waals surface area contributed by atoms with Crippen LogP contribution in [0.1, 0.15) is 40.0 Å². The summed E-state index contributed by atoms with van der Waals surface area (Å²) in [6.07, 6.45) is 2.14. The maximum atomic E-state index is 11.4. The summed E-state index contributed by atoms with van der Waals surface area (Å²) >= 11 is 0. The van der Waals surface area contributed by atoms with Crippen molar-refractivity contribution in [1.82, 2.24) is 5.32 Å². The molecule has 2 N–H and O–H groups in total. The lowest BCUT2D eigenvalue weighted by molar-refractivity contribution is -0.142. The molecular weight excluding hydrogens is 182 g/mol. The molecule has 0 heterocycles. The minimum atomic E-state index is -0.968. The molecule has 2 atom stereocenters. The van der Waals surface area contributed by atoms with E-state index in [0.717, 1.165) is 12.8 Å². The summed E-state index contributed by atoms with van der Waals surface area (Å²) in [5.41, 5.74) is 0. The van der Waals surface area contributed by atoms with Gasteiger partial charge in [0.1, 0.15) is 6.04 Å². The van der Waals surface area contributed by atoms with Crippen LogP contribution in [0.5, 0.6) is 0 Å². The second kappa shape index (κ2) is 6.40. The Hall–Kier alpha value is -1.06. The van der Waals surface area contributed by atoms with Crippen LogP contribution in [-0.4, -0.2) is 23.0 Å². The molecule has 0 aliphatic carbocycles. The Kier molecular flexibility index (Phi) is 5.92. The van der Waals surface area contributed by atoms with Gasteiger partial charge in [-0.05, 0) is 12.8 Å². The van der Waals surface area contributed by atoms with E-state index < -0.39 is 12.0 Å². The molecule has 0 aliphatic heterocycles. The molecule has 4 heteroatoms. The van der Waals surface area contributed by atoms with E-state index >= 15 is 0 Å². The summed E-state index contributed by atoms with van der Waals surface area (Å²) < 4.78 is 0. The van der Waals surface area contributed by atoms with Crippen LogP contribution in [-0.2, 0) is 9.59 Å². The number of nitrogens with one attached hydrogen (secondary N) is 1. The number of amides is 1. The molecule has 0 aliphatic rings. The standard InChI is InChI=1S/C10H19NO3/c1-4-6-7(3)9(12)11-8(5-2)10(13)14/h7-8H,4-6H2,1-3H3,(H,11,12)(H,13,14). The van der Waals surface area contributed by atoms with Gasteiger partial charge in [-0.15, -0.1) is 0 Å². The highest BCUT2D eigenvalue weighted by atomic mass is 16.4. The van der Waals surface area contributed by atoms with Crippen molar-refractivity contribution in [3.8, 4) is 0 Å². The van der Waals surface area contributed by atoms with E-state index in [2.05, 4.69) is 5.32 Å². The lowest BCUT2D eigenvalue weighted by Gasteiger charge is -2.15. The maximum Gasteiger partial charge on any atom is 0.326 e. The van der Waals surface area contributed by atoms with Crippen molar-refractivity contribution < 1.29 is 14.7 Å². The van der Waals surface area contributed by atoms with E-state index in [1.165, 1.54) is 0 Å². The first-order chi connectivity index (χ1) is 6.52. The predicted octanol–water partition coefficient (Wildman–Crippen LogP) is 1.40. The maximum absolute atomic E-state index is 11.4. The van der Waals surface area contributed by atoms with Gasteiger partial charge in [-0.25, -0.2) is 4.79 Å². The molecule has 0 fully saturated rings. The van der Waals surface area contributed by atoms with Crippen LogP contribution in [0.2, 0.25) is 0 Å². The predicted molar refractivity (Wildman–Crippen MR) is 53.9 cm³/mol. The monoisotopic (exact) mass is 201 g/mol. The number of carboxylic acid groups (broad SMARTS) is 1. The average molecular weight is 201 g/mol. The highest BCUT2D eigenvalue weighted by Gasteiger charge is 2.20. The van der Waals surface area contributed by atoms with Gasteiger partial charge in [0.2, 0.25) is 5.91 Å². The zero-order valence-electron chi connectivity index (χ0n) is 9.04. The number of carbonyl (C=O) groups excluding carboxylic acids is 1. The van der Waals surface area contributed by atoms with Gasteiger partial charge in [0.25, 0.3) is 0 Å². The third kappa shape index (κ3) is 4.25. The summed E-state index contributed by atoms with van der Waals surface area (Å²) in [5, 5.41) is 11.2. The SMILES string of the molecule is CCCC(C)C(=O)NC(CC)C(=O)O. The minimum Gasteiger partial charge on any atom is -0.480 e. The summed E-state index contributed by atoms with van der Waals surface area (Å²) in [6, 6.07) is -0.748. The van der Waals surface area contributed by atoms with E-state index in [0.29, 0.717) is 6.42 Å². The van der Waals surface area contributed by atoms with Crippen LogP contribution < -0.4 is 5.32 Å². The Bertz CT molecular complexity index is 204. The Morgan fingerprint density at radius 3 is 2.29 bits per heavy atom. The van der Waals surface area contributed by atoms with Crippen LogP contribution in [0.25, 0.3) is 0 Å². The minimum absolute atomic E-state index is 0.103. The third-order valence-electron chi connectivity index (χ3n) is 2.19. The van der Waals surface area contributed by atoms with Gasteiger partial charge in [-0.1, -0.05) is 27.2 Å². The second-order valence-electron chi connectivity index (χ2n) is 3.50. The van der Waals surface area contributed by atoms with E-state index in [4.69, 9.17) is 5.11 Å². The van der Waals surface area contributed by atoms with Crippen LogP contribution in [0.3, 0.4) is 0 Å². The number of carbonyl (C=O) groups is 2. The lowest BCUT2D eigenvalue weighted by Crippen LogP contribution is -2.42. The highest BCUT2D eigenvalue weighted by Crippen LogP contribution is 2.05. The van der Waals surface area contributed by atoms with Crippen molar-refractivity contribution in [2.24, 2.45) is 5.92 Å². The van der Waals surface area contributed by atoms with Crippen molar-refractivity contribution in [2.75, 3.05) is 0 Å². The zero-order valence-corrected chi connectivity index (χ0v) is 9.04. The highest BCUT2D eigenvalue weighted by molar-refractivity contribution is 5.84. The first kappa shape index (κ1) is 12.9. The van der Waals surface area contributed by atoms with Gasteiger partial charge < -0.3 is 10.4 Å². The van der Waals surface area contributed by atoms with E-state index in [-0.39, 0.29) is 11.8 Å². The molecule has 0 aromatic carbocycles. The summed E-state index contributed by atoms with van der Waals surface area (Å²) in [5.74, 6) is -1.24. The second-order valence-corrected chi connectivity index (χ2v) is 3.50. The van der Waals surface area contributed by atoms with Crippen molar-refractivity contribution >= 4 is 11.9 Å². The molecular formula is C10H19NO3. The molecule has 1 amide bonds. The van der Waals surface area contributed by atoms with Crippen molar-refractivity contribution in [3.63, 3.8) is 0 Å². The fourth-order valence-corrected chi connectivity index (χ4v) is 1.22. The first-order valence-corrected chi connectivity index (χ1v) is 5.06. The normalized spacial score (nSPS) is 14.5. The van der Waals surface area contributed by atoms with Crippen LogP contribution >= 0.6 is 0 Å². The molecule has 82 valence electrons. The number of hydrogen-bond donors (Lipinski definition) is 2. The molecule has 0 rings (SSSR count). The van der Waals surface area contributed by atoms with Crippen molar-refractivity contribution in [2.45, 2.75) is 46.1 Å². The molecule has 2 unspecified atom stereocenters. The fourth-order valence-electron chi connectivity index (χ4n) is 1.22.